The van der Waals surface area contributed by atoms with Crippen LogP contribution >= 0.6 is 0 Å². The van der Waals surface area contributed by atoms with E-state index < -0.39 is 0 Å². The van der Waals surface area contributed by atoms with E-state index in [4.69, 9.17) is 10.5 Å². The molecule has 1 aliphatic carbocycles. The average molecular weight is 185 g/mol. The number of hydrogen-bond donors (Lipinski definition) is 2. The molecule has 0 bridgehead atoms. The molecule has 1 aliphatic heterocycles. The molecule has 2 rings (SSSR count). The molecule has 0 aromatic rings. The summed E-state index contributed by atoms with van der Waals surface area (Å²) in [6.45, 7) is 1.41. The van der Waals surface area contributed by atoms with Crippen molar-refractivity contribution in [1.82, 2.24) is 0 Å². The molecule has 2 aliphatic rings. The lowest BCUT2D eigenvalue weighted by atomic mass is 9.91. The fraction of sp³-hybridized carbons (Fsp3) is 1.00. The summed E-state index contributed by atoms with van der Waals surface area (Å²) < 4.78 is 5.56. The summed E-state index contributed by atoms with van der Waals surface area (Å²) >= 11 is 0. The number of aliphatic hydroxyl groups excluding tert-OH is 1. The van der Waals surface area contributed by atoms with Gasteiger partial charge in [0.1, 0.15) is 0 Å². The topological polar surface area (TPSA) is 55.5 Å². The summed E-state index contributed by atoms with van der Waals surface area (Å²) in [4.78, 5) is 0. The first-order chi connectivity index (χ1) is 6.28. The SMILES string of the molecule is NCC1(C(O)C2CCCCO2)CC1. The summed E-state index contributed by atoms with van der Waals surface area (Å²) in [6, 6.07) is 0. The normalized spacial score (nSPS) is 34.2. The van der Waals surface area contributed by atoms with Crippen molar-refractivity contribution < 1.29 is 9.84 Å². The largest absolute Gasteiger partial charge is 0.390 e. The van der Waals surface area contributed by atoms with Crippen molar-refractivity contribution in [3.63, 3.8) is 0 Å². The van der Waals surface area contributed by atoms with Crippen LogP contribution in [0.5, 0.6) is 0 Å². The van der Waals surface area contributed by atoms with Gasteiger partial charge >= 0.3 is 0 Å². The van der Waals surface area contributed by atoms with E-state index in [1.807, 2.05) is 0 Å². The molecule has 3 nitrogen and oxygen atoms in total. The Kier molecular flexibility index (Phi) is 2.58. The fourth-order valence-electron chi connectivity index (χ4n) is 2.19. The summed E-state index contributed by atoms with van der Waals surface area (Å²) in [5.41, 5.74) is 5.68. The molecule has 0 radical (unpaired) electrons. The molecule has 76 valence electrons. The summed E-state index contributed by atoms with van der Waals surface area (Å²) in [5.74, 6) is 0. The molecule has 2 atom stereocenters. The van der Waals surface area contributed by atoms with Crippen molar-refractivity contribution in [2.24, 2.45) is 11.1 Å². The Morgan fingerprint density at radius 2 is 2.23 bits per heavy atom. The molecule has 3 N–H and O–H groups in total. The number of ether oxygens (including phenoxy) is 1. The Bertz CT molecular complexity index is 174. The predicted molar refractivity (Wildman–Crippen MR) is 50.3 cm³/mol. The van der Waals surface area contributed by atoms with E-state index in [9.17, 15) is 5.11 Å². The van der Waals surface area contributed by atoms with Gasteiger partial charge in [-0.1, -0.05) is 0 Å². The molecular weight excluding hydrogens is 166 g/mol. The van der Waals surface area contributed by atoms with Crippen molar-refractivity contribution in [2.75, 3.05) is 13.2 Å². The highest BCUT2D eigenvalue weighted by Crippen LogP contribution is 2.49. The average Bonchev–Trinajstić information content (AvgIpc) is 2.99. The zero-order valence-corrected chi connectivity index (χ0v) is 8.04. The van der Waals surface area contributed by atoms with E-state index >= 15 is 0 Å². The maximum atomic E-state index is 10.1. The van der Waals surface area contributed by atoms with Crippen LogP contribution in [0.4, 0.5) is 0 Å². The Labute approximate surface area is 79.3 Å². The molecule has 13 heavy (non-hydrogen) atoms. The van der Waals surface area contributed by atoms with E-state index in [0.29, 0.717) is 6.54 Å². The van der Waals surface area contributed by atoms with Crippen LogP contribution in [0, 0.1) is 5.41 Å². The minimum Gasteiger partial charge on any atom is -0.390 e. The van der Waals surface area contributed by atoms with Gasteiger partial charge in [0.25, 0.3) is 0 Å². The Hall–Kier alpha value is -0.120. The second-order valence-corrected chi connectivity index (χ2v) is 4.42. The number of hydrogen-bond acceptors (Lipinski definition) is 3. The second kappa shape index (κ2) is 3.56. The van der Waals surface area contributed by atoms with Crippen LogP contribution < -0.4 is 5.73 Å². The second-order valence-electron chi connectivity index (χ2n) is 4.42. The summed E-state index contributed by atoms with van der Waals surface area (Å²) in [5, 5.41) is 10.1. The first kappa shape index (κ1) is 9.44. The number of nitrogens with two attached hydrogens (primary N) is 1. The fourth-order valence-corrected chi connectivity index (χ4v) is 2.19. The molecule has 1 saturated heterocycles. The molecule has 3 heteroatoms. The monoisotopic (exact) mass is 185 g/mol. The van der Waals surface area contributed by atoms with Gasteiger partial charge in [-0.2, -0.15) is 0 Å². The molecule has 0 aromatic carbocycles. The smallest absolute Gasteiger partial charge is 0.0869 e. The molecule has 2 fully saturated rings. The van der Waals surface area contributed by atoms with Crippen molar-refractivity contribution in [1.29, 1.82) is 0 Å². The Balaban J connectivity index is 1.91. The molecule has 0 spiro atoms. The zero-order valence-electron chi connectivity index (χ0n) is 8.04. The zero-order chi connectivity index (χ0) is 9.31. The highest BCUT2D eigenvalue weighted by Gasteiger charge is 2.50. The number of rotatable bonds is 3. The van der Waals surface area contributed by atoms with E-state index in [1.54, 1.807) is 0 Å². The minimum absolute atomic E-state index is 0.0159. The van der Waals surface area contributed by atoms with Crippen molar-refractivity contribution in [3.8, 4) is 0 Å². The highest BCUT2D eigenvalue weighted by molar-refractivity contribution is 5.02. The quantitative estimate of drug-likeness (QED) is 0.679. The van der Waals surface area contributed by atoms with Gasteiger partial charge in [0.15, 0.2) is 0 Å². The third kappa shape index (κ3) is 1.73. The van der Waals surface area contributed by atoms with Crippen LogP contribution in [-0.4, -0.2) is 30.5 Å². The summed E-state index contributed by atoms with van der Waals surface area (Å²) in [6.07, 6.45) is 5.21. The number of aliphatic hydroxyl groups is 1. The molecular formula is C10H19NO2. The molecule has 2 unspecified atom stereocenters. The third-order valence-electron chi connectivity index (χ3n) is 3.49. The molecule has 0 amide bonds. The van der Waals surface area contributed by atoms with Crippen LogP contribution in [0.15, 0.2) is 0 Å². The van der Waals surface area contributed by atoms with Crippen LogP contribution in [0.2, 0.25) is 0 Å². The van der Waals surface area contributed by atoms with Gasteiger partial charge in [-0.25, -0.2) is 0 Å². The van der Waals surface area contributed by atoms with Crippen molar-refractivity contribution >= 4 is 0 Å². The Morgan fingerprint density at radius 3 is 2.69 bits per heavy atom. The minimum atomic E-state index is -0.321. The van der Waals surface area contributed by atoms with E-state index in [2.05, 4.69) is 0 Å². The van der Waals surface area contributed by atoms with E-state index in [0.717, 1.165) is 32.3 Å². The third-order valence-corrected chi connectivity index (χ3v) is 3.49. The van der Waals surface area contributed by atoms with Gasteiger partial charge in [0, 0.05) is 18.6 Å². The maximum Gasteiger partial charge on any atom is 0.0869 e. The predicted octanol–water partition coefficient (Wildman–Crippen LogP) is 0.655. The van der Waals surface area contributed by atoms with Gasteiger partial charge in [-0.05, 0) is 32.1 Å². The van der Waals surface area contributed by atoms with Crippen LogP contribution in [0.25, 0.3) is 0 Å². The lowest BCUT2D eigenvalue weighted by Crippen LogP contribution is -2.42. The van der Waals surface area contributed by atoms with Crippen molar-refractivity contribution in [3.05, 3.63) is 0 Å². The van der Waals surface area contributed by atoms with Gasteiger partial charge < -0.3 is 15.6 Å². The lowest BCUT2D eigenvalue weighted by molar-refractivity contribution is -0.0877. The van der Waals surface area contributed by atoms with E-state index in [1.165, 1.54) is 6.42 Å². The summed E-state index contributed by atoms with van der Waals surface area (Å²) in [7, 11) is 0. The van der Waals surface area contributed by atoms with Gasteiger partial charge in [0.05, 0.1) is 12.2 Å². The van der Waals surface area contributed by atoms with Gasteiger partial charge in [0.2, 0.25) is 0 Å². The van der Waals surface area contributed by atoms with Crippen LogP contribution in [0.3, 0.4) is 0 Å². The molecule has 0 aromatic heterocycles. The van der Waals surface area contributed by atoms with E-state index in [-0.39, 0.29) is 17.6 Å². The maximum absolute atomic E-state index is 10.1. The molecule has 1 heterocycles. The first-order valence-electron chi connectivity index (χ1n) is 5.28. The lowest BCUT2D eigenvalue weighted by Gasteiger charge is -2.31. The van der Waals surface area contributed by atoms with Crippen molar-refractivity contribution in [2.45, 2.75) is 44.3 Å². The van der Waals surface area contributed by atoms with Gasteiger partial charge in [-0.15, -0.1) is 0 Å². The van der Waals surface area contributed by atoms with Crippen LogP contribution in [-0.2, 0) is 4.74 Å². The van der Waals surface area contributed by atoms with Gasteiger partial charge in [-0.3, -0.25) is 0 Å². The molecule has 1 saturated carbocycles. The Morgan fingerprint density at radius 1 is 1.46 bits per heavy atom. The van der Waals surface area contributed by atoms with Crippen LogP contribution in [0.1, 0.15) is 32.1 Å². The standard InChI is InChI=1S/C10H19NO2/c11-7-10(4-5-10)9(12)8-3-1-2-6-13-8/h8-9,12H,1-7,11H2. The highest BCUT2D eigenvalue weighted by atomic mass is 16.5. The first-order valence-corrected chi connectivity index (χ1v) is 5.28.